The highest BCUT2D eigenvalue weighted by atomic mass is 35.5. The number of hydrogen-bond donors (Lipinski definition) is 1. The third-order valence-corrected chi connectivity index (χ3v) is 6.33. The molecule has 1 heterocycles. The number of Topliss-reactive ketones (excluding diaryl/α,β-unsaturated/α-hetero) is 1. The maximum atomic E-state index is 12.3. The van der Waals surface area contributed by atoms with Gasteiger partial charge in [0.15, 0.2) is 10.1 Å². The Hall–Kier alpha value is -2.15. The van der Waals surface area contributed by atoms with E-state index in [1.54, 1.807) is 24.3 Å². The first-order valence-electron chi connectivity index (χ1n) is 8.78. The summed E-state index contributed by atoms with van der Waals surface area (Å²) >= 11 is 8.68. The molecule has 3 rings (SSSR count). The highest BCUT2D eigenvalue weighted by molar-refractivity contribution is 8.01. The molecule has 1 amide bonds. The quantitative estimate of drug-likeness (QED) is 0.378. The van der Waals surface area contributed by atoms with Crippen LogP contribution in [0.1, 0.15) is 28.5 Å². The topological polar surface area (TPSA) is 59.1 Å². The third-order valence-electron chi connectivity index (χ3n) is 4.01. The van der Waals surface area contributed by atoms with Crippen molar-refractivity contribution in [2.75, 3.05) is 11.1 Å². The summed E-state index contributed by atoms with van der Waals surface area (Å²) in [5.74, 6) is 0.260. The fraction of sp³-hybridized carbons (Fsp3) is 0.190. The van der Waals surface area contributed by atoms with Crippen molar-refractivity contribution in [3.8, 4) is 0 Å². The molecular weight excluding hydrogens is 412 g/mol. The van der Waals surface area contributed by atoms with Gasteiger partial charge >= 0.3 is 0 Å². The van der Waals surface area contributed by atoms with Gasteiger partial charge in [0.2, 0.25) is 5.91 Å². The summed E-state index contributed by atoms with van der Waals surface area (Å²) in [6.45, 7) is 2.09. The first-order valence-corrected chi connectivity index (χ1v) is 11.0. The molecule has 1 aromatic heterocycles. The molecule has 2 aromatic carbocycles. The molecule has 0 aliphatic rings. The fourth-order valence-electron chi connectivity index (χ4n) is 2.48. The zero-order valence-corrected chi connectivity index (χ0v) is 17.7. The number of amides is 1. The first kappa shape index (κ1) is 20.6. The fourth-order valence-corrected chi connectivity index (χ4v) is 4.34. The van der Waals surface area contributed by atoms with Gasteiger partial charge in [-0.25, -0.2) is 4.98 Å². The lowest BCUT2D eigenvalue weighted by Crippen LogP contribution is -2.14. The summed E-state index contributed by atoms with van der Waals surface area (Å²) in [5.41, 5.74) is 3.31. The van der Waals surface area contributed by atoms with E-state index in [1.807, 2.05) is 29.6 Å². The Labute approximate surface area is 177 Å². The van der Waals surface area contributed by atoms with Crippen LogP contribution in [0.15, 0.2) is 58.3 Å². The molecule has 0 radical (unpaired) electrons. The molecule has 1 N–H and O–H groups in total. The molecule has 0 unspecified atom stereocenters. The number of anilines is 1. The predicted octanol–water partition coefficient (Wildman–Crippen LogP) is 5.52. The lowest BCUT2D eigenvalue weighted by atomic mass is 10.1. The van der Waals surface area contributed by atoms with Crippen LogP contribution in [0.25, 0.3) is 0 Å². The molecule has 0 spiro atoms. The highest BCUT2D eigenvalue weighted by Crippen LogP contribution is 2.24. The van der Waals surface area contributed by atoms with Gasteiger partial charge in [-0.05, 0) is 36.2 Å². The minimum atomic E-state index is -0.142. The van der Waals surface area contributed by atoms with Crippen molar-refractivity contribution in [1.82, 2.24) is 4.98 Å². The van der Waals surface area contributed by atoms with Gasteiger partial charge in [0.05, 0.1) is 17.9 Å². The number of nitrogens with one attached hydrogen (secondary N) is 1. The van der Waals surface area contributed by atoms with E-state index in [0.717, 1.165) is 10.8 Å². The summed E-state index contributed by atoms with van der Waals surface area (Å²) in [5, 5.41) is 5.29. The molecule has 7 heteroatoms. The number of halogens is 1. The highest BCUT2D eigenvalue weighted by Gasteiger charge is 2.11. The van der Waals surface area contributed by atoms with Gasteiger partial charge < -0.3 is 5.32 Å². The van der Waals surface area contributed by atoms with E-state index in [2.05, 4.69) is 17.2 Å². The summed E-state index contributed by atoms with van der Waals surface area (Å²) < 4.78 is 0.785. The van der Waals surface area contributed by atoms with E-state index in [0.29, 0.717) is 27.7 Å². The molecule has 0 saturated carbocycles. The second kappa shape index (κ2) is 9.87. The van der Waals surface area contributed by atoms with Gasteiger partial charge in [-0.2, -0.15) is 0 Å². The smallest absolute Gasteiger partial charge is 0.230 e. The number of hydrogen-bond acceptors (Lipinski definition) is 5. The van der Waals surface area contributed by atoms with Crippen LogP contribution in [-0.4, -0.2) is 22.4 Å². The number of carbonyl (C=O) groups excluding carboxylic acids is 2. The van der Waals surface area contributed by atoms with Crippen LogP contribution in [-0.2, 0) is 17.6 Å². The Morgan fingerprint density at radius 2 is 1.82 bits per heavy atom. The van der Waals surface area contributed by atoms with E-state index < -0.39 is 0 Å². The van der Waals surface area contributed by atoms with Crippen molar-refractivity contribution in [2.24, 2.45) is 0 Å². The predicted molar refractivity (Wildman–Crippen MR) is 117 cm³/mol. The van der Waals surface area contributed by atoms with Crippen molar-refractivity contribution in [3.05, 3.63) is 75.8 Å². The average molecular weight is 431 g/mol. The standard InChI is InChI=1S/C21H19ClN2O2S2/c1-2-14-3-5-15(6-4-14)19(25)13-28-21-24-18(12-27-21)11-20(26)23-17-9-7-16(22)8-10-17/h3-10,12H,2,11,13H2,1H3,(H,23,26). The van der Waals surface area contributed by atoms with Crippen LogP contribution in [0.3, 0.4) is 0 Å². The Morgan fingerprint density at radius 3 is 2.50 bits per heavy atom. The van der Waals surface area contributed by atoms with Crippen LogP contribution in [0.5, 0.6) is 0 Å². The Balaban J connectivity index is 1.49. The molecule has 0 saturated heterocycles. The maximum Gasteiger partial charge on any atom is 0.230 e. The van der Waals surface area contributed by atoms with Crippen molar-refractivity contribution < 1.29 is 9.59 Å². The lowest BCUT2D eigenvalue weighted by molar-refractivity contribution is -0.115. The van der Waals surface area contributed by atoms with Crippen LogP contribution in [0.2, 0.25) is 5.02 Å². The van der Waals surface area contributed by atoms with Gasteiger partial charge in [-0.3, -0.25) is 9.59 Å². The molecule has 0 aliphatic heterocycles. The summed E-state index contributed by atoms with van der Waals surface area (Å²) in [6.07, 6.45) is 1.14. The number of nitrogens with zero attached hydrogens (tertiary/aromatic N) is 1. The molecule has 0 aliphatic carbocycles. The number of benzene rings is 2. The zero-order chi connectivity index (χ0) is 19.9. The van der Waals surface area contributed by atoms with Gasteiger partial charge in [0, 0.05) is 21.7 Å². The Morgan fingerprint density at radius 1 is 1.11 bits per heavy atom. The number of ketones is 1. The van der Waals surface area contributed by atoms with Crippen LogP contribution < -0.4 is 5.32 Å². The first-order chi connectivity index (χ1) is 13.5. The molecular formula is C21H19ClN2O2S2. The van der Waals surface area contributed by atoms with Crippen molar-refractivity contribution in [3.63, 3.8) is 0 Å². The van der Waals surface area contributed by atoms with Crippen LogP contribution in [0.4, 0.5) is 5.69 Å². The average Bonchev–Trinajstić information content (AvgIpc) is 3.15. The van der Waals surface area contributed by atoms with Gasteiger partial charge in [0.25, 0.3) is 0 Å². The van der Waals surface area contributed by atoms with Crippen molar-refractivity contribution >= 4 is 52.1 Å². The minimum Gasteiger partial charge on any atom is -0.326 e. The lowest BCUT2D eigenvalue weighted by Gasteiger charge is -2.03. The molecule has 144 valence electrons. The van der Waals surface area contributed by atoms with E-state index in [1.165, 1.54) is 28.7 Å². The zero-order valence-electron chi connectivity index (χ0n) is 15.3. The molecule has 0 bridgehead atoms. The van der Waals surface area contributed by atoms with Crippen molar-refractivity contribution in [1.29, 1.82) is 0 Å². The summed E-state index contributed by atoms with van der Waals surface area (Å²) in [7, 11) is 0. The van der Waals surface area contributed by atoms with Gasteiger partial charge in [0.1, 0.15) is 0 Å². The Bertz CT molecular complexity index is 953. The molecule has 3 aromatic rings. The number of thiazole rings is 1. The molecule has 0 atom stereocenters. The SMILES string of the molecule is CCc1ccc(C(=O)CSc2nc(CC(=O)Nc3ccc(Cl)cc3)cs2)cc1. The second-order valence-corrected chi connectivity index (χ2v) is 8.62. The summed E-state index contributed by atoms with van der Waals surface area (Å²) in [4.78, 5) is 28.9. The van der Waals surface area contributed by atoms with Gasteiger partial charge in [-0.1, -0.05) is 54.6 Å². The van der Waals surface area contributed by atoms with Crippen LogP contribution >= 0.6 is 34.7 Å². The molecule has 4 nitrogen and oxygen atoms in total. The third kappa shape index (κ3) is 5.92. The number of rotatable bonds is 8. The maximum absolute atomic E-state index is 12.3. The summed E-state index contributed by atoms with van der Waals surface area (Å²) in [6, 6.07) is 14.7. The number of aromatic nitrogens is 1. The van der Waals surface area contributed by atoms with E-state index in [4.69, 9.17) is 11.6 Å². The minimum absolute atomic E-state index is 0.0740. The monoisotopic (exact) mass is 430 g/mol. The number of aryl methyl sites for hydroxylation is 1. The number of carbonyl (C=O) groups is 2. The van der Waals surface area contributed by atoms with E-state index >= 15 is 0 Å². The molecule has 0 fully saturated rings. The molecule has 28 heavy (non-hydrogen) atoms. The Kier molecular flexibility index (Phi) is 7.25. The van der Waals surface area contributed by atoms with Crippen LogP contribution in [0, 0.1) is 0 Å². The van der Waals surface area contributed by atoms with E-state index in [-0.39, 0.29) is 18.1 Å². The van der Waals surface area contributed by atoms with Crippen molar-refractivity contribution in [2.45, 2.75) is 24.1 Å². The largest absolute Gasteiger partial charge is 0.326 e. The van der Waals surface area contributed by atoms with E-state index in [9.17, 15) is 9.59 Å². The normalized spacial score (nSPS) is 10.6. The number of thioether (sulfide) groups is 1. The van der Waals surface area contributed by atoms with Gasteiger partial charge in [-0.15, -0.1) is 11.3 Å². The second-order valence-electron chi connectivity index (χ2n) is 6.10.